The average Bonchev–Trinajstić information content (AvgIpc) is 2.43. The summed E-state index contributed by atoms with van der Waals surface area (Å²) in [6, 6.07) is 0. The van der Waals surface area contributed by atoms with Gasteiger partial charge in [0.05, 0.1) is 6.61 Å². The van der Waals surface area contributed by atoms with Crippen molar-refractivity contribution in [1.82, 2.24) is 0 Å². The van der Waals surface area contributed by atoms with E-state index in [1.54, 1.807) is 0 Å². The lowest BCUT2D eigenvalue weighted by Gasteiger charge is -2.07. The fourth-order valence-electron chi connectivity index (χ4n) is 2.00. The molecular weight excluding hydrogens is 234 g/mol. The summed E-state index contributed by atoms with van der Waals surface area (Å²) in [5.41, 5.74) is 3.92. The summed E-state index contributed by atoms with van der Waals surface area (Å²) in [5, 5.41) is 0. The second-order valence-corrected chi connectivity index (χ2v) is 5.42. The molecular formula is C17H36NO+. The molecule has 0 aliphatic rings. The van der Waals surface area contributed by atoms with E-state index in [0.717, 1.165) is 13.0 Å². The van der Waals surface area contributed by atoms with Gasteiger partial charge in [0, 0.05) is 6.42 Å². The minimum absolute atomic E-state index is 0.194. The van der Waals surface area contributed by atoms with Crippen molar-refractivity contribution in [3.8, 4) is 0 Å². The fraction of sp³-hybridized carbons (Fsp3) is 0.882. The highest BCUT2D eigenvalue weighted by Crippen LogP contribution is 2.08. The first kappa shape index (κ1) is 18.7. The van der Waals surface area contributed by atoms with Crippen molar-refractivity contribution >= 4 is 0 Å². The summed E-state index contributed by atoms with van der Waals surface area (Å²) < 4.78 is 5.56. The highest BCUT2D eigenvalue weighted by Gasteiger charge is 2.00. The highest BCUT2D eigenvalue weighted by atomic mass is 16.5. The lowest BCUT2D eigenvalue weighted by Crippen LogP contribution is -2.61. The topological polar surface area (TPSA) is 36.9 Å². The van der Waals surface area contributed by atoms with E-state index in [1.807, 2.05) is 0 Å². The first-order chi connectivity index (χ1) is 9.31. The summed E-state index contributed by atoms with van der Waals surface area (Å²) in [5.74, 6) is 0. The summed E-state index contributed by atoms with van der Waals surface area (Å²) in [4.78, 5) is 0. The maximum Gasteiger partial charge on any atom is 0.188 e. The standard InChI is InChI=1S/C17H35NO/c1-3-5-6-7-8-9-10-11-12-13-14-15-16-19-17(18)4-2/h7-8,17H,3-6,9-16,18H2,1-2H3/p+1/b8-7+. The molecule has 0 saturated heterocycles. The number of hydrogen-bond donors (Lipinski definition) is 1. The average molecular weight is 270 g/mol. The molecule has 0 spiro atoms. The van der Waals surface area contributed by atoms with Crippen LogP contribution in [-0.2, 0) is 4.74 Å². The molecule has 0 aromatic rings. The lowest BCUT2D eigenvalue weighted by atomic mass is 10.1. The first-order valence-electron chi connectivity index (χ1n) is 8.40. The lowest BCUT2D eigenvalue weighted by molar-refractivity contribution is -0.491. The Bertz CT molecular complexity index is 192. The Kier molecular flexibility index (Phi) is 15.4. The number of ether oxygens (including phenoxy) is 1. The van der Waals surface area contributed by atoms with Crippen molar-refractivity contribution in [2.45, 2.75) is 90.7 Å². The maximum absolute atomic E-state index is 5.56. The summed E-state index contributed by atoms with van der Waals surface area (Å²) in [6.45, 7) is 5.26. The maximum atomic E-state index is 5.56. The van der Waals surface area contributed by atoms with E-state index >= 15 is 0 Å². The van der Waals surface area contributed by atoms with Crippen molar-refractivity contribution in [3.05, 3.63) is 12.2 Å². The monoisotopic (exact) mass is 270 g/mol. The van der Waals surface area contributed by atoms with Gasteiger partial charge >= 0.3 is 0 Å². The third kappa shape index (κ3) is 15.6. The van der Waals surface area contributed by atoms with Gasteiger partial charge in [0.25, 0.3) is 0 Å². The Balaban J connectivity index is 3.04. The minimum Gasteiger partial charge on any atom is -0.332 e. The third-order valence-corrected chi connectivity index (χ3v) is 3.47. The van der Waals surface area contributed by atoms with Crippen LogP contribution < -0.4 is 5.73 Å². The second kappa shape index (κ2) is 15.7. The molecule has 3 N–H and O–H groups in total. The molecule has 0 saturated carbocycles. The molecule has 0 aromatic carbocycles. The molecule has 0 aliphatic carbocycles. The fourth-order valence-corrected chi connectivity index (χ4v) is 2.00. The number of unbranched alkanes of at least 4 members (excludes halogenated alkanes) is 8. The van der Waals surface area contributed by atoms with Gasteiger partial charge in [0.15, 0.2) is 6.23 Å². The van der Waals surface area contributed by atoms with E-state index in [9.17, 15) is 0 Å². The molecule has 19 heavy (non-hydrogen) atoms. The van der Waals surface area contributed by atoms with Crippen molar-refractivity contribution in [2.24, 2.45) is 0 Å². The van der Waals surface area contributed by atoms with Crippen molar-refractivity contribution in [1.29, 1.82) is 0 Å². The van der Waals surface area contributed by atoms with Gasteiger partial charge < -0.3 is 10.5 Å². The van der Waals surface area contributed by atoms with Crippen molar-refractivity contribution in [2.75, 3.05) is 6.61 Å². The third-order valence-electron chi connectivity index (χ3n) is 3.47. The van der Waals surface area contributed by atoms with Gasteiger partial charge in [0.1, 0.15) is 0 Å². The van der Waals surface area contributed by atoms with E-state index in [1.165, 1.54) is 64.2 Å². The van der Waals surface area contributed by atoms with Crippen LogP contribution in [0.2, 0.25) is 0 Å². The zero-order chi connectivity index (χ0) is 14.2. The van der Waals surface area contributed by atoms with Gasteiger partial charge in [0.2, 0.25) is 0 Å². The molecule has 2 nitrogen and oxygen atoms in total. The Morgan fingerprint density at radius 2 is 1.42 bits per heavy atom. The molecule has 1 unspecified atom stereocenters. The number of quaternary nitrogens is 1. The van der Waals surface area contributed by atoms with Crippen LogP contribution in [-0.4, -0.2) is 12.8 Å². The molecule has 0 aromatic heterocycles. The summed E-state index contributed by atoms with van der Waals surface area (Å²) >= 11 is 0. The zero-order valence-electron chi connectivity index (χ0n) is 13.3. The van der Waals surface area contributed by atoms with E-state index in [0.29, 0.717) is 0 Å². The van der Waals surface area contributed by atoms with E-state index < -0.39 is 0 Å². The number of hydrogen-bond acceptors (Lipinski definition) is 1. The first-order valence-corrected chi connectivity index (χ1v) is 8.40. The van der Waals surface area contributed by atoms with Gasteiger partial charge in [-0.25, -0.2) is 0 Å². The normalized spacial score (nSPS) is 13.2. The van der Waals surface area contributed by atoms with Crippen LogP contribution in [0.5, 0.6) is 0 Å². The second-order valence-electron chi connectivity index (χ2n) is 5.42. The van der Waals surface area contributed by atoms with Crippen LogP contribution in [0.4, 0.5) is 0 Å². The van der Waals surface area contributed by atoms with E-state index in [4.69, 9.17) is 4.74 Å². The van der Waals surface area contributed by atoms with Gasteiger partial charge in [-0.05, 0) is 25.7 Å². The van der Waals surface area contributed by atoms with Crippen LogP contribution in [0.15, 0.2) is 12.2 Å². The smallest absolute Gasteiger partial charge is 0.188 e. The number of rotatable bonds is 14. The predicted molar refractivity (Wildman–Crippen MR) is 83.9 cm³/mol. The predicted octanol–water partition coefficient (Wildman–Crippen LogP) is 4.46. The molecule has 0 fully saturated rings. The van der Waals surface area contributed by atoms with E-state index in [-0.39, 0.29) is 6.23 Å². The Labute approximate surface area is 120 Å². The molecule has 0 bridgehead atoms. The summed E-state index contributed by atoms with van der Waals surface area (Å²) in [6.07, 6.45) is 19.1. The molecule has 0 radical (unpaired) electrons. The quantitative estimate of drug-likeness (QED) is 0.282. The molecule has 0 heterocycles. The molecule has 2 heteroatoms. The molecule has 0 aliphatic heterocycles. The Hall–Kier alpha value is -0.340. The molecule has 0 rings (SSSR count). The highest BCUT2D eigenvalue weighted by molar-refractivity contribution is 4.81. The molecule has 0 amide bonds. The molecule has 114 valence electrons. The SMILES string of the molecule is CCCC/C=C/CCCCCCCCOC([NH3+])CC. The van der Waals surface area contributed by atoms with Crippen LogP contribution in [0.3, 0.4) is 0 Å². The summed E-state index contributed by atoms with van der Waals surface area (Å²) in [7, 11) is 0. The minimum atomic E-state index is 0.194. The van der Waals surface area contributed by atoms with Gasteiger partial charge in [-0.2, -0.15) is 0 Å². The number of allylic oxidation sites excluding steroid dienone is 2. The Morgan fingerprint density at radius 3 is 2.05 bits per heavy atom. The van der Waals surface area contributed by atoms with Gasteiger partial charge in [-0.3, -0.25) is 0 Å². The van der Waals surface area contributed by atoms with E-state index in [2.05, 4.69) is 31.7 Å². The van der Waals surface area contributed by atoms with Gasteiger partial charge in [-0.1, -0.05) is 64.5 Å². The molecule has 1 atom stereocenters. The van der Waals surface area contributed by atoms with Crippen LogP contribution in [0.25, 0.3) is 0 Å². The van der Waals surface area contributed by atoms with Crippen LogP contribution in [0.1, 0.15) is 84.5 Å². The Morgan fingerprint density at radius 1 is 0.842 bits per heavy atom. The largest absolute Gasteiger partial charge is 0.332 e. The van der Waals surface area contributed by atoms with Crippen LogP contribution >= 0.6 is 0 Å². The van der Waals surface area contributed by atoms with Gasteiger partial charge in [-0.15, -0.1) is 0 Å². The van der Waals surface area contributed by atoms with Crippen molar-refractivity contribution < 1.29 is 10.5 Å². The zero-order valence-corrected chi connectivity index (χ0v) is 13.3. The van der Waals surface area contributed by atoms with Crippen LogP contribution in [0, 0.1) is 0 Å². The van der Waals surface area contributed by atoms with Crippen molar-refractivity contribution in [3.63, 3.8) is 0 Å².